The highest BCUT2D eigenvalue weighted by Crippen LogP contribution is 2.38. The summed E-state index contributed by atoms with van der Waals surface area (Å²) in [7, 11) is 0. The Bertz CT molecular complexity index is 663. The molecule has 1 aliphatic carbocycles. The predicted molar refractivity (Wildman–Crippen MR) is 72.8 cm³/mol. The van der Waals surface area contributed by atoms with Gasteiger partial charge in [0.05, 0.1) is 9.79 Å². The van der Waals surface area contributed by atoms with Gasteiger partial charge in [0.1, 0.15) is 0 Å². The lowest BCUT2D eigenvalue weighted by atomic mass is 10.1. The highest BCUT2D eigenvalue weighted by atomic mass is 32.2. The molecule has 3 rings (SSSR count). The summed E-state index contributed by atoms with van der Waals surface area (Å²) in [4.78, 5) is 0.745. The highest BCUT2D eigenvalue weighted by molar-refractivity contribution is 7.79. The van der Waals surface area contributed by atoms with E-state index in [1.807, 2.05) is 12.1 Å². The Morgan fingerprint density at radius 2 is 1.21 bits per heavy atom. The van der Waals surface area contributed by atoms with Gasteiger partial charge in [-0.3, -0.25) is 0 Å². The van der Waals surface area contributed by atoms with Crippen molar-refractivity contribution in [3.8, 4) is 11.1 Å². The average Bonchev–Trinajstić information content (AvgIpc) is 2.74. The van der Waals surface area contributed by atoms with Crippen molar-refractivity contribution in [2.45, 2.75) is 16.2 Å². The van der Waals surface area contributed by atoms with Gasteiger partial charge in [0.2, 0.25) is 0 Å². The second-order valence-corrected chi connectivity index (χ2v) is 6.25. The monoisotopic (exact) mass is 294 g/mol. The third-order valence-corrected chi connectivity index (χ3v) is 4.54. The summed E-state index contributed by atoms with van der Waals surface area (Å²) in [5.74, 6) is 0. The fourth-order valence-electron chi connectivity index (χ4n) is 2.38. The topological polar surface area (TPSA) is 74.6 Å². The lowest BCUT2D eigenvalue weighted by Gasteiger charge is -2.03. The molecule has 0 saturated carbocycles. The van der Waals surface area contributed by atoms with Crippen LogP contribution in [0.4, 0.5) is 0 Å². The average molecular weight is 294 g/mol. The number of fused-ring (bicyclic) bond motifs is 3. The molecule has 2 aromatic carbocycles. The second-order valence-electron chi connectivity index (χ2n) is 4.31. The van der Waals surface area contributed by atoms with Crippen molar-refractivity contribution in [3.05, 3.63) is 47.5 Å². The first-order chi connectivity index (χ1) is 9.06. The molecule has 1 aliphatic rings. The zero-order valence-electron chi connectivity index (χ0n) is 9.70. The minimum absolute atomic E-state index is 0.373. The van der Waals surface area contributed by atoms with Gasteiger partial charge in [0, 0.05) is 0 Å². The van der Waals surface area contributed by atoms with Gasteiger partial charge >= 0.3 is 0 Å². The number of hydrogen-bond donors (Lipinski definition) is 2. The van der Waals surface area contributed by atoms with Gasteiger partial charge in [-0.25, -0.2) is 8.42 Å². The third-order valence-electron chi connectivity index (χ3n) is 3.23. The molecule has 0 saturated heterocycles. The molecule has 6 heteroatoms. The maximum Gasteiger partial charge on any atom is 0.186 e. The van der Waals surface area contributed by atoms with Gasteiger partial charge in [0.15, 0.2) is 22.2 Å². The van der Waals surface area contributed by atoms with Gasteiger partial charge in [0.25, 0.3) is 0 Å². The van der Waals surface area contributed by atoms with E-state index in [1.54, 1.807) is 24.3 Å². The molecule has 2 N–H and O–H groups in total. The van der Waals surface area contributed by atoms with Crippen LogP contribution in [0.1, 0.15) is 11.1 Å². The van der Waals surface area contributed by atoms with Crippen LogP contribution in [-0.4, -0.2) is 17.5 Å². The Labute approximate surface area is 115 Å². The smallest absolute Gasteiger partial charge is 0.186 e. The maximum atomic E-state index is 11.1. The molecule has 0 heterocycles. The Morgan fingerprint density at radius 1 is 0.789 bits per heavy atom. The molecule has 2 unspecified atom stereocenters. The molecule has 0 bridgehead atoms. The minimum Gasteiger partial charge on any atom is -0.302 e. The van der Waals surface area contributed by atoms with Crippen LogP contribution in [-0.2, 0) is 28.6 Å². The molecular weight excluding hydrogens is 284 g/mol. The van der Waals surface area contributed by atoms with Gasteiger partial charge < -0.3 is 9.11 Å². The molecule has 0 radical (unpaired) electrons. The summed E-state index contributed by atoms with van der Waals surface area (Å²) in [6, 6.07) is 10.3. The Morgan fingerprint density at radius 3 is 1.58 bits per heavy atom. The summed E-state index contributed by atoms with van der Waals surface area (Å²) in [5.41, 5.74) is 3.96. The summed E-state index contributed by atoms with van der Waals surface area (Å²) in [6.07, 6.45) is 0.612. The maximum absolute atomic E-state index is 11.1. The largest absolute Gasteiger partial charge is 0.302 e. The Balaban J connectivity index is 2.10. The third kappa shape index (κ3) is 2.17. The van der Waals surface area contributed by atoms with Crippen molar-refractivity contribution in [1.82, 2.24) is 0 Å². The van der Waals surface area contributed by atoms with E-state index in [0.717, 1.165) is 22.3 Å². The molecule has 98 valence electrons. The fraction of sp³-hybridized carbons (Fsp3) is 0.0769. The van der Waals surface area contributed by atoms with E-state index in [-0.39, 0.29) is 0 Å². The van der Waals surface area contributed by atoms with E-state index in [4.69, 9.17) is 9.11 Å². The van der Waals surface area contributed by atoms with E-state index >= 15 is 0 Å². The zero-order valence-corrected chi connectivity index (χ0v) is 11.3. The van der Waals surface area contributed by atoms with Crippen molar-refractivity contribution in [1.29, 1.82) is 0 Å². The van der Waals surface area contributed by atoms with Gasteiger partial charge in [-0.1, -0.05) is 12.1 Å². The van der Waals surface area contributed by atoms with Crippen molar-refractivity contribution in [2.24, 2.45) is 0 Å². The van der Waals surface area contributed by atoms with Crippen LogP contribution in [0.2, 0.25) is 0 Å². The molecule has 4 nitrogen and oxygen atoms in total. The predicted octanol–water partition coefficient (Wildman–Crippen LogP) is 2.42. The minimum atomic E-state index is -1.99. The first kappa shape index (κ1) is 12.7. The SMILES string of the molecule is O=S(O)c1ccc2c(c1)Cc1cc(S(=O)O)ccc1-2. The van der Waals surface area contributed by atoms with E-state index in [0.29, 0.717) is 16.2 Å². The van der Waals surface area contributed by atoms with Crippen molar-refractivity contribution in [3.63, 3.8) is 0 Å². The summed E-state index contributed by atoms with van der Waals surface area (Å²) < 4.78 is 40.3. The van der Waals surface area contributed by atoms with Crippen molar-refractivity contribution >= 4 is 22.2 Å². The Hall–Kier alpha value is -1.34. The number of rotatable bonds is 2. The first-order valence-electron chi connectivity index (χ1n) is 5.54. The molecule has 2 atom stereocenters. The molecule has 19 heavy (non-hydrogen) atoms. The van der Waals surface area contributed by atoms with Crippen LogP contribution < -0.4 is 0 Å². The first-order valence-corrected chi connectivity index (χ1v) is 7.75. The van der Waals surface area contributed by atoms with E-state index < -0.39 is 22.2 Å². The van der Waals surface area contributed by atoms with Gasteiger partial charge in [-0.2, -0.15) is 0 Å². The van der Waals surface area contributed by atoms with Crippen LogP contribution >= 0.6 is 0 Å². The Kier molecular flexibility index (Phi) is 3.10. The van der Waals surface area contributed by atoms with Crippen LogP contribution in [0.15, 0.2) is 46.2 Å². The molecule has 0 aromatic heterocycles. The number of benzene rings is 2. The molecule has 0 fully saturated rings. The molecular formula is C13H10O4S2. The lowest BCUT2D eigenvalue weighted by molar-refractivity contribution is 0.563. The molecule has 0 spiro atoms. The van der Waals surface area contributed by atoms with Crippen molar-refractivity contribution in [2.75, 3.05) is 0 Å². The van der Waals surface area contributed by atoms with Crippen LogP contribution in [0, 0.1) is 0 Å². The van der Waals surface area contributed by atoms with Gasteiger partial charge in [-0.05, 0) is 52.9 Å². The lowest BCUT2D eigenvalue weighted by Crippen LogP contribution is -1.90. The summed E-state index contributed by atoms with van der Waals surface area (Å²) in [5, 5.41) is 0. The fourth-order valence-corrected chi connectivity index (χ4v) is 3.24. The normalized spacial score (nSPS) is 15.7. The summed E-state index contributed by atoms with van der Waals surface area (Å²) >= 11 is -3.97. The number of hydrogen-bond acceptors (Lipinski definition) is 2. The summed E-state index contributed by atoms with van der Waals surface area (Å²) in [6.45, 7) is 0. The van der Waals surface area contributed by atoms with Crippen molar-refractivity contribution < 1.29 is 17.5 Å². The quantitative estimate of drug-likeness (QED) is 0.712. The highest BCUT2D eigenvalue weighted by Gasteiger charge is 2.20. The molecule has 0 aliphatic heterocycles. The second kappa shape index (κ2) is 4.64. The van der Waals surface area contributed by atoms with Crippen LogP contribution in [0.3, 0.4) is 0 Å². The van der Waals surface area contributed by atoms with E-state index in [1.165, 1.54) is 0 Å². The molecule has 2 aromatic rings. The molecule has 0 amide bonds. The van der Waals surface area contributed by atoms with E-state index in [9.17, 15) is 8.42 Å². The van der Waals surface area contributed by atoms with E-state index in [2.05, 4.69) is 0 Å². The zero-order chi connectivity index (χ0) is 13.6. The standard InChI is InChI=1S/C13H10O4S2/c14-18(15)10-1-3-12-8(6-10)5-9-7-11(19(16)17)2-4-13(9)12/h1-4,6-7H,5H2,(H,14,15)(H,16,17). The van der Waals surface area contributed by atoms with Gasteiger partial charge in [-0.15, -0.1) is 0 Å². The van der Waals surface area contributed by atoms with Crippen LogP contribution in [0.5, 0.6) is 0 Å². The van der Waals surface area contributed by atoms with Crippen LogP contribution in [0.25, 0.3) is 11.1 Å².